The first-order valence-corrected chi connectivity index (χ1v) is 9.48. The van der Waals surface area contributed by atoms with Crippen LogP contribution in [0.4, 0.5) is 0 Å². The highest BCUT2D eigenvalue weighted by Gasteiger charge is 2.30. The van der Waals surface area contributed by atoms with E-state index in [9.17, 15) is 8.42 Å². The zero-order valence-electron chi connectivity index (χ0n) is 12.0. The summed E-state index contributed by atoms with van der Waals surface area (Å²) in [4.78, 5) is 0.407. The second-order valence-corrected chi connectivity index (χ2v) is 8.08. The van der Waals surface area contributed by atoms with Crippen LogP contribution in [-0.2, 0) is 16.4 Å². The highest BCUT2D eigenvalue weighted by atomic mass is 32.2. The van der Waals surface area contributed by atoms with E-state index in [0.29, 0.717) is 11.4 Å². The Hall–Kier alpha value is -0.560. The van der Waals surface area contributed by atoms with Crippen molar-refractivity contribution in [3.05, 3.63) is 29.8 Å². The van der Waals surface area contributed by atoms with E-state index in [1.54, 1.807) is 16.4 Å². The van der Waals surface area contributed by atoms with Gasteiger partial charge in [0.2, 0.25) is 10.0 Å². The third-order valence-electron chi connectivity index (χ3n) is 3.50. The average Bonchev–Trinajstić information content (AvgIpc) is 2.46. The van der Waals surface area contributed by atoms with Gasteiger partial charge in [0, 0.05) is 24.1 Å². The molecule has 1 aromatic rings. The van der Waals surface area contributed by atoms with Crippen molar-refractivity contribution in [1.82, 2.24) is 9.62 Å². The number of thioether (sulfide) groups is 1. The van der Waals surface area contributed by atoms with Crippen molar-refractivity contribution in [3.8, 4) is 0 Å². The van der Waals surface area contributed by atoms with E-state index in [0.717, 1.165) is 30.0 Å². The van der Waals surface area contributed by atoms with Crippen LogP contribution in [0.25, 0.3) is 0 Å². The number of rotatable bonds is 5. The molecule has 1 atom stereocenters. The third kappa shape index (κ3) is 3.55. The number of hydrogen-bond acceptors (Lipinski definition) is 4. The molecule has 0 aliphatic carbocycles. The van der Waals surface area contributed by atoms with Gasteiger partial charge in [-0.3, -0.25) is 0 Å². The molecule has 0 radical (unpaired) electrons. The lowest BCUT2D eigenvalue weighted by molar-refractivity contribution is 0.367. The fourth-order valence-electron chi connectivity index (χ4n) is 2.30. The quantitative estimate of drug-likeness (QED) is 0.896. The summed E-state index contributed by atoms with van der Waals surface area (Å²) in [5.41, 5.74) is 1.15. The molecule has 1 unspecified atom stereocenters. The van der Waals surface area contributed by atoms with E-state index in [4.69, 9.17) is 0 Å². The molecule has 112 valence electrons. The Bertz CT molecular complexity index is 529. The van der Waals surface area contributed by atoms with Gasteiger partial charge in [-0.05, 0) is 44.6 Å². The monoisotopic (exact) mass is 314 g/mol. The highest BCUT2D eigenvalue weighted by molar-refractivity contribution is 7.99. The molecule has 0 bridgehead atoms. The fraction of sp³-hybridized carbons (Fsp3) is 0.571. The van der Waals surface area contributed by atoms with Crippen LogP contribution in [0.1, 0.15) is 12.5 Å². The molecule has 0 aromatic heterocycles. The number of nitrogens with one attached hydrogen (secondary N) is 1. The molecule has 1 fully saturated rings. The third-order valence-corrected chi connectivity index (χ3v) is 6.72. The first kappa shape index (κ1) is 15.8. The predicted molar refractivity (Wildman–Crippen MR) is 84.8 cm³/mol. The minimum atomic E-state index is -3.34. The minimum Gasteiger partial charge on any atom is -0.319 e. The summed E-state index contributed by atoms with van der Waals surface area (Å²) in [6, 6.07) is 7.35. The molecule has 1 aliphatic rings. The van der Waals surface area contributed by atoms with Gasteiger partial charge in [-0.2, -0.15) is 16.1 Å². The molecule has 0 amide bonds. The van der Waals surface area contributed by atoms with Crippen molar-refractivity contribution in [2.45, 2.75) is 24.3 Å². The summed E-state index contributed by atoms with van der Waals surface area (Å²) >= 11 is 1.82. The van der Waals surface area contributed by atoms with E-state index in [1.807, 2.05) is 37.9 Å². The van der Waals surface area contributed by atoms with Crippen LogP contribution in [0.15, 0.2) is 29.2 Å². The van der Waals surface area contributed by atoms with Gasteiger partial charge in [-0.15, -0.1) is 0 Å². The minimum absolute atomic E-state index is 0.0720. The molecule has 0 saturated carbocycles. The number of benzene rings is 1. The van der Waals surface area contributed by atoms with Crippen LogP contribution in [0.3, 0.4) is 0 Å². The largest absolute Gasteiger partial charge is 0.319 e. The van der Waals surface area contributed by atoms with Crippen LogP contribution in [0.2, 0.25) is 0 Å². The normalized spacial score (nSPS) is 21.0. The Balaban J connectivity index is 2.16. The molecule has 4 nitrogen and oxygen atoms in total. The second kappa shape index (κ2) is 6.93. The molecule has 20 heavy (non-hydrogen) atoms. The van der Waals surface area contributed by atoms with E-state index < -0.39 is 10.0 Å². The average molecular weight is 314 g/mol. The maximum atomic E-state index is 12.6. The van der Waals surface area contributed by atoms with Gasteiger partial charge in [0.25, 0.3) is 0 Å². The summed E-state index contributed by atoms with van der Waals surface area (Å²) in [6.07, 6.45) is 0.910. The Morgan fingerprint density at radius 1 is 1.35 bits per heavy atom. The Morgan fingerprint density at radius 2 is 2.05 bits per heavy atom. The fourth-order valence-corrected chi connectivity index (χ4v) is 5.16. The van der Waals surface area contributed by atoms with Gasteiger partial charge in [0.1, 0.15) is 0 Å². The number of nitrogens with zero attached hydrogens (tertiary/aromatic N) is 1. The van der Waals surface area contributed by atoms with E-state index in [1.165, 1.54) is 0 Å². The van der Waals surface area contributed by atoms with Gasteiger partial charge in [-0.1, -0.05) is 12.1 Å². The van der Waals surface area contributed by atoms with Crippen molar-refractivity contribution in [2.75, 3.05) is 31.6 Å². The van der Waals surface area contributed by atoms with Crippen molar-refractivity contribution in [3.63, 3.8) is 0 Å². The number of hydrogen-bond donors (Lipinski definition) is 1. The predicted octanol–water partition coefficient (Wildman–Crippen LogP) is 1.57. The second-order valence-electron chi connectivity index (χ2n) is 5.04. The van der Waals surface area contributed by atoms with Crippen LogP contribution in [0.5, 0.6) is 0 Å². The summed E-state index contributed by atoms with van der Waals surface area (Å²) in [6.45, 7) is 3.48. The molecular formula is C14H22N2O2S2. The lowest BCUT2D eigenvalue weighted by Crippen LogP contribution is -2.44. The molecular weight excluding hydrogens is 292 g/mol. The smallest absolute Gasteiger partial charge is 0.243 e. The van der Waals surface area contributed by atoms with E-state index >= 15 is 0 Å². The summed E-state index contributed by atoms with van der Waals surface area (Å²) < 4.78 is 26.9. The van der Waals surface area contributed by atoms with Crippen LogP contribution >= 0.6 is 11.8 Å². The van der Waals surface area contributed by atoms with E-state index in [-0.39, 0.29) is 6.04 Å². The summed E-state index contributed by atoms with van der Waals surface area (Å²) in [7, 11) is -1.43. The molecule has 1 saturated heterocycles. The van der Waals surface area contributed by atoms with Crippen LogP contribution in [0, 0.1) is 0 Å². The summed E-state index contributed by atoms with van der Waals surface area (Å²) in [5.74, 6) is 1.75. The van der Waals surface area contributed by atoms with Crippen molar-refractivity contribution >= 4 is 21.8 Å². The lowest BCUT2D eigenvalue weighted by atomic mass is 10.1. The molecule has 6 heteroatoms. The van der Waals surface area contributed by atoms with Crippen LogP contribution in [-0.4, -0.2) is 50.4 Å². The molecule has 1 aromatic carbocycles. The first-order chi connectivity index (χ1) is 9.55. The molecule has 2 rings (SSSR count). The summed E-state index contributed by atoms with van der Waals surface area (Å²) in [5, 5.41) is 3.09. The van der Waals surface area contributed by atoms with Gasteiger partial charge in [0.15, 0.2) is 0 Å². The maximum Gasteiger partial charge on any atom is 0.243 e. The zero-order chi connectivity index (χ0) is 14.6. The topological polar surface area (TPSA) is 49.4 Å². The zero-order valence-corrected chi connectivity index (χ0v) is 13.6. The first-order valence-electron chi connectivity index (χ1n) is 6.89. The van der Waals surface area contributed by atoms with Crippen molar-refractivity contribution < 1.29 is 8.42 Å². The number of likely N-dealkylation sites (N-methyl/N-ethyl adjacent to an activating group) is 1. The Labute approximate surface area is 126 Å². The van der Waals surface area contributed by atoms with E-state index in [2.05, 4.69) is 5.32 Å². The standard InChI is InChI=1S/C14H22N2O2S2/c1-12-11-19-10-9-16(12)20(17,18)14-5-3-13(4-6-14)7-8-15-2/h3-6,12,15H,7-11H2,1-2H3. The Kier molecular flexibility index (Phi) is 5.49. The van der Waals surface area contributed by atoms with Crippen molar-refractivity contribution in [2.24, 2.45) is 0 Å². The molecule has 1 heterocycles. The molecule has 0 spiro atoms. The SMILES string of the molecule is CNCCc1ccc(S(=O)(=O)N2CCSCC2C)cc1. The molecule has 1 N–H and O–H groups in total. The van der Waals surface area contributed by atoms with Gasteiger partial charge >= 0.3 is 0 Å². The maximum absolute atomic E-state index is 12.6. The van der Waals surface area contributed by atoms with Crippen LogP contribution < -0.4 is 5.32 Å². The van der Waals surface area contributed by atoms with Gasteiger partial charge < -0.3 is 5.32 Å². The van der Waals surface area contributed by atoms with Crippen molar-refractivity contribution in [1.29, 1.82) is 0 Å². The lowest BCUT2D eigenvalue weighted by Gasteiger charge is -2.31. The van der Waals surface area contributed by atoms with Gasteiger partial charge in [0.05, 0.1) is 4.90 Å². The Morgan fingerprint density at radius 3 is 2.65 bits per heavy atom. The van der Waals surface area contributed by atoms with Gasteiger partial charge in [-0.25, -0.2) is 8.42 Å². The molecule has 1 aliphatic heterocycles. The number of sulfonamides is 1. The highest BCUT2D eigenvalue weighted by Crippen LogP contribution is 2.24.